The van der Waals surface area contributed by atoms with Crippen LogP contribution in [0.15, 0.2) is 5.16 Å². The van der Waals surface area contributed by atoms with Gasteiger partial charge in [-0.25, -0.2) is 0 Å². The summed E-state index contributed by atoms with van der Waals surface area (Å²) in [6.45, 7) is 7.50. The molecule has 1 aromatic rings. The van der Waals surface area contributed by atoms with Crippen molar-refractivity contribution in [2.24, 2.45) is 0 Å². The minimum atomic E-state index is -0.824. The van der Waals surface area contributed by atoms with Gasteiger partial charge in [-0.05, 0) is 32.9 Å². The molecule has 0 aliphatic carbocycles. The molecule has 1 aliphatic heterocycles. The Kier molecular flexibility index (Phi) is 5.42. The minimum absolute atomic E-state index is 0.0261. The zero-order valence-corrected chi connectivity index (χ0v) is 12.9. The third-order valence-corrected chi connectivity index (χ3v) is 4.47. The van der Waals surface area contributed by atoms with E-state index in [9.17, 15) is 4.79 Å². The molecule has 2 heterocycles. The topological polar surface area (TPSA) is 71.2 Å². The molecule has 7 heteroatoms. The molecule has 1 N–H and O–H groups in total. The summed E-state index contributed by atoms with van der Waals surface area (Å²) < 4.78 is 2.10. The Balaban J connectivity index is 2.09. The van der Waals surface area contributed by atoms with Crippen LogP contribution in [0.1, 0.15) is 38.6 Å². The van der Waals surface area contributed by atoms with Crippen molar-refractivity contribution in [2.45, 2.75) is 44.3 Å². The van der Waals surface area contributed by atoms with Gasteiger partial charge < -0.3 is 14.6 Å². The van der Waals surface area contributed by atoms with Gasteiger partial charge in [-0.3, -0.25) is 4.79 Å². The fourth-order valence-corrected chi connectivity index (χ4v) is 3.41. The summed E-state index contributed by atoms with van der Waals surface area (Å²) in [5.74, 6) is 0.137. The zero-order valence-electron chi connectivity index (χ0n) is 12.1. The van der Waals surface area contributed by atoms with Crippen LogP contribution in [-0.4, -0.2) is 56.1 Å². The van der Waals surface area contributed by atoms with Gasteiger partial charge in [0, 0.05) is 19.0 Å². The molecule has 1 atom stereocenters. The number of nitrogens with zero attached hydrogens (tertiary/aromatic N) is 4. The van der Waals surface area contributed by atoms with E-state index in [4.69, 9.17) is 5.11 Å². The summed E-state index contributed by atoms with van der Waals surface area (Å²) in [5.41, 5.74) is 0. The van der Waals surface area contributed by atoms with E-state index in [1.54, 1.807) is 0 Å². The molecule has 0 spiro atoms. The number of hydrogen-bond donors (Lipinski definition) is 1. The fourth-order valence-electron chi connectivity index (χ4n) is 2.64. The number of likely N-dealkylation sites (tertiary alicyclic amines) is 1. The molecular weight excluding hydrogens is 276 g/mol. The van der Waals surface area contributed by atoms with Crippen molar-refractivity contribution < 1.29 is 9.90 Å². The zero-order chi connectivity index (χ0) is 14.5. The largest absolute Gasteiger partial charge is 0.481 e. The van der Waals surface area contributed by atoms with Crippen LogP contribution in [0.25, 0.3) is 0 Å². The van der Waals surface area contributed by atoms with Gasteiger partial charge >= 0.3 is 5.97 Å². The minimum Gasteiger partial charge on any atom is -0.481 e. The van der Waals surface area contributed by atoms with Crippen LogP contribution in [0.4, 0.5) is 0 Å². The Morgan fingerprint density at radius 2 is 2.10 bits per heavy atom. The smallest absolute Gasteiger partial charge is 0.313 e. The summed E-state index contributed by atoms with van der Waals surface area (Å²) in [4.78, 5) is 13.2. The molecule has 1 aliphatic rings. The van der Waals surface area contributed by atoms with Crippen LogP contribution in [0.5, 0.6) is 0 Å². The van der Waals surface area contributed by atoms with Crippen molar-refractivity contribution >= 4 is 17.7 Å². The van der Waals surface area contributed by atoms with Crippen LogP contribution in [0.3, 0.4) is 0 Å². The van der Waals surface area contributed by atoms with Gasteiger partial charge in [-0.1, -0.05) is 18.7 Å². The van der Waals surface area contributed by atoms with Crippen LogP contribution in [-0.2, 0) is 11.2 Å². The van der Waals surface area contributed by atoms with E-state index in [1.807, 2.05) is 0 Å². The Morgan fingerprint density at radius 1 is 1.40 bits per heavy atom. The molecule has 20 heavy (non-hydrogen) atoms. The van der Waals surface area contributed by atoms with Crippen molar-refractivity contribution in [3.8, 4) is 0 Å². The normalized spacial score (nSPS) is 17.5. The molecule has 2 rings (SSSR count). The number of rotatable bonds is 7. The first-order chi connectivity index (χ1) is 9.61. The molecule has 112 valence electrons. The van der Waals surface area contributed by atoms with Crippen molar-refractivity contribution in [3.63, 3.8) is 0 Å². The first-order valence-corrected chi connectivity index (χ1v) is 8.11. The molecule has 0 amide bonds. The van der Waals surface area contributed by atoms with Gasteiger partial charge in [0.25, 0.3) is 0 Å². The average molecular weight is 298 g/mol. The lowest BCUT2D eigenvalue weighted by molar-refractivity contribution is -0.133. The maximum Gasteiger partial charge on any atom is 0.313 e. The summed E-state index contributed by atoms with van der Waals surface area (Å²) in [5, 5.41) is 17.9. The lowest BCUT2D eigenvalue weighted by Crippen LogP contribution is -2.28. The highest BCUT2D eigenvalue weighted by atomic mass is 32.2. The van der Waals surface area contributed by atoms with E-state index in [2.05, 4.69) is 33.5 Å². The Bertz CT molecular complexity index is 457. The number of aromatic nitrogens is 3. The third kappa shape index (κ3) is 3.73. The van der Waals surface area contributed by atoms with Crippen molar-refractivity contribution in [2.75, 3.05) is 25.4 Å². The van der Waals surface area contributed by atoms with E-state index in [0.29, 0.717) is 0 Å². The number of hydrogen-bond acceptors (Lipinski definition) is 5. The number of aliphatic carboxylic acids is 1. The first-order valence-electron chi connectivity index (χ1n) is 7.12. The molecule has 6 nitrogen and oxygen atoms in total. The number of carboxylic acids is 1. The van der Waals surface area contributed by atoms with E-state index >= 15 is 0 Å². The molecular formula is C13H22N4O2S. The second-order valence-corrected chi connectivity index (χ2v) is 6.10. The molecule has 1 unspecified atom stereocenters. The molecule has 0 bridgehead atoms. The maximum atomic E-state index is 10.7. The van der Waals surface area contributed by atoms with Crippen molar-refractivity contribution in [3.05, 3.63) is 5.82 Å². The molecule has 0 saturated carbocycles. The highest BCUT2D eigenvalue weighted by Crippen LogP contribution is 2.23. The van der Waals surface area contributed by atoms with Gasteiger partial charge in [0.15, 0.2) is 5.16 Å². The maximum absolute atomic E-state index is 10.7. The standard InChI is InChI=1S/C13H22N4O2S/c1-3-11-14-15-13(20-9-12(18)19)17(11)10(2)8-16-6-4-5-7-16/h10H,3-9H2,1-2H3,(H,18,19). The first kappa shape index (κ1) is 15.3. The van der Waals surface area contributed by atoms with E-state index < -0.39 is 5.97 Å². The van der Waals surface area contributed by atoms with Gasteiger partial charge in [0.1, 0.15) is 5.82 Å². The quantitative estimate of drug-likeness (QED) is 0.772. The number of thioether (sulfide) groups is 1. The van der Waals surface area contributed by atoms with Crippen LogP contribution >= 0.6 is 11.8 Å². The molecule has 1 fully saturated rings. The third-order valence-electron chi connectivity index (χ3n) is 3.54. The SMILES string of the molecule is CCc1nnc(SCC(=O)O)n1C(C)CN1CCCC1. The molecule has 0 aromatic carbocycles. The second-order valence-electron chi connectivity index (χ2n) is 5.16. The highest BCUT2D eigenvalue weighted by Gasteiger charge is 2.21. The molecule has 1 aromatic heterocycles. The van der Waals surface area contributed by atoms with Crippen molar-refractivity contribution in [1.29, 1.82) is 0 Å². The summed E-state index contributed by atoms with van der Waals surface area (Å²) in [6, 6.07) is 0.273. The summed E-state index contributed by atoms with van der Waals surface area (Å²) >= 11 is 1.25. The number of carbonyl (C=O) groups is 1. The monoisotopic (exact) mass is 298 g/mol. The van der Waals surface area contributed by atoms with Gasteiger partial charge in [0.05, 0.1) is 5.75 Å². The second kappa shape index (κ2) is 7.08. The van der Waals surface area contributed by atoms with E-state index in [1.165, 1.54) is 24.6 Å². The Labute approximate surface area is 123 Å². The predicted molar refractivity (Wildman–Crippen MR) is 78.1 cm³/mol. The summed E-state index contributed by atoms with van der Waals surface area (Å²) in [6.07, 6.45) is 3.36. The predicted octanol–water partition coefficient (Wildman–Crippen LogP) is 1.67. The van der Waals surface area contributed by atoms with Gasteiger partial charge in [0.2, 0.25) is 0 Å². The number of carboxylic acid groups (broad SMARTS) is 1. The van der Waals surface area contributed by atoms with Crippen LogP contribution < -0.4 is 0 Å². The average Bonchev–Trinajstić information content (AvgIpc) is 3.04. The fraction of sp³-hybridized carbons (Fsp3) is 0.769. The van der Waals surface area contributed by atoms with Crippen LogP contribution in [0.2, 0.25) is 0 Å². The van der Waals surface area contributed by atoms with Gasteiger partial charge in [-0.15, -0.1) is 10.2 Å². The Morgan fingerprint density at radius 3 is 2.70 bits per heavy atom. The number of aryl methyl sites for hydroxylation is 1. The molecule has 1 saturated heterocycles. The van der Waals surface area contributed by atoms with Crippen molar-refractivity contribution in [1.82, 2.24) is 19.7 Å². The van der Waals surface area contributed by atoms with Crippen LogP contribution in [0, 0.1) is 0 Å². The van der Waals surface area contributed by atoms with Gasteiger partial charge in [-0.2, -0.15) is 0 Å². The molecule has 0 radical (unpaired) electrons. The lowest BCUT2D eigenvalue weighted by atomic mass is 10.3. The lowest BCUT2D eigenvalue weighted by Gasteiger charge is -2.23. The van der Waals surface area contributed by atoms with E-state index in [-0.39, 0.29) is 11.8 Å². The summed E-state index contributed by atoms with van der Waals surface area (Å²) in [7, 11) is 0. The van der Waals surface area contributed by atoms with E-state index in [0.717, 1.165) is 37.0 Å². The Hall–Kier alpha value is -1.08. The highest BCUT2D eigenvalue weighted by molar-refractivity contribution is 7.99.